The number of carbonyl (C=O) groups excluding carboxylic acids is 2. The number of para-hydroxylation sites is 1. The maximum atomic E-state index is 12.8. The van der Waals surface area contributed by atoms with Crippen LogP contribution in [0.1, 0.15) is 32.3 Å². The summed E-state index contributed by atoms with van der Waals surface area (Å²) in [5, 5.41) is 0. The van der Waals surface area contributed by atoms with Crippen LogP contribution in [0.5, 0.6) is 0 Å². The first-order valence-electron chi connectivity index (χ1n) is 7.95. The predicted molar refractivity (Wildman–Crippen MR) is 93.2 cm³/mol. The lowest BCUT2D eigenvalue weighted by atomic mass is 10.0. The normalized spacial score (nSPS) is 11.7. The van der Waals surface area contributed by atoms with Crippen LogP contribution >= 0.6 is 0 Å². The van der Waals surface area contributed by atoms with E-state index in [9.17, 15) is 9.59 Å². The maximum absolute atomic E-state index is 12.8. The minimum Gasteiger partial charge on any atom is -0.308 e. The molecule has 0 radical (unpaired) electrons. The lowest BCUT2D eigenvalue weighted by molar-refractivity contribution is -0.120. The van der Waals surface area contributed by atoms with E-state index in [1.54, 1.807) is 11.8 Å². The second kappa shape index (κ2) is 8.28. The summed E-state index contributed by atoms with van der Waals surface area (Å²) in [4.78, 5) is 25.8. The van der Waals surface area contributed by atoms with Crippen LogP contribution in [0.25, 0.3) is 0 Å². The zero-order valence-electron chi connectivity index (χ0n) is 13.7. The van der Waals surface area contributed by atoms with E-state index in [-0.39, 0.29) is 17.6 Å². The number of amides is 1. The number of rotatable bonds is 7. The van der Waals surface area contributed by atoms with E-state index in [2.05, 4.69) is 0 Å². The number of ketones is 1. The molecule has 0 saturated carbocycles. The van der Waals surface area contributed by atoms with Crippen LogP contribution in [-0.2, 0) is 16.1 Å². The Morgan fingerprint density at radius 3 is 2.04 bits per heavy atom. The largest absolute Gasteiger partial charge is 0.308 e. The molecule has 23 heavy (non-hydrogen) atoms. The van der Waals surface area contributed by atoms with Crippen molar-refractivity contribution < 1.29 is 9.59 Å². The second-order valence-electron chi connectivity index (χ2n) is 6.02. The van der Waals surface area contributed by atoms with E-state index in [0.717, 1.165) is 11.3 Å². The summed E-state index contributed by atoms with van der Waals surface area (Å²) in [7, 11) is 0. The van der Waals surface area contributed by atoms with Gasteiger partial charge in [0.15, 0.2) is 0 Å². The zero-order valence-corrected chi connectivity index (χ0v) is 13.7. The molecule has 0 aliphatic carbocycles. The molecule has 2 rings (SSSR count). The minimum atomic E-state index is 0.0498. The highest BCUT2D eigenvalue weighted by Gasteiger charge is 2.19. The summed E-state index contributed by atoms with van der Waals surface area (Å²) in [6.45, 7) is 4.06. The zero-order chi connectivity index (χ0) is 16.7. The highest BCUT2D eigenvalue weighted by atomic mass is 16.2. The van der Waals surface area contributed by atoms with Gasteiger partial charge in [0.05, 0.1) is 6.54 Å². The van der Waals surface area contributed by atoms with Crippen molar-refractivity contribution >= 4 is 17.4 Å². The SMILES string of the molecule is CC(=O)CC(C)CC(=O)N(Cc1ccccc1)c1ccccc1. The topological polar surface area (TPSA) is 37.4 Å². The van der Waals surface area contributed by atoms with E-state index in [0.29, 0.717) is 19.4 Å². The Morgan fingerprint density at radius 2 is 1.48 bits per heavy atom. The first-order chi connectivity index (χ1) is 11.1. The van der Waals surface area contributed by atoms with Crippen molar-refractivity contribution in [2.45, 2.75) is 33.2 Å². The molecule has 0 fully saturated rings. The molecular formula is C20H23NO2. The summed E-state index contributed by atoms with van der Waals surface area (Å²) in [5.74, 6) is 0.232. The van der Waals surface area contributed by atoms with Crippen molar-refractivity contribution in [2.24, 2.45) is 5.92 Å². The maximum Gasteiger partial charge on any atom is 0.227 e. The molecule has 1 amide bonds. The predicted octanol–water partition coefficient (Wildman–Crippen LogP) is 4.23. The molecule has 0 aliphatic rings. The van der Waals surface area contributed by atoms with Gasteiger partial charge in [0.25, 0.3) is 0 Å². The van der Waals surface area contributed by atoms with Gasteiger partial charge in [-0.3, -0.25) is 4.79 Å². The quantitative estimate of drug-likeness (QED) is 0.767. The van der Waals surface area contributed by atoms with E-state index in [1.807, 2.05) is 67.6 Å². The van der Waals surface area contributed by atoms with Crippen molar-refractivity contribution in [3.05, 3.63) is 66.2 Å². The van der Waals surface area contributed by atoms with Gasteiger partial charge in [-0.25, -0.2) is 0 Å². The lowest BCUT2D eigenvalue weighted by Gasteiger charge is -2.24. The van der Waals surface area contributed by atoms with Crippen LogP contribution in [0.15, 0.2) is 60.7 Å². The molecule has 2 aromatic carbocycles. The molecule has 0 spiro atoms. The number of hydrogen-bond donors (Lipinski definition) is 0. The Morgan fingerprint density at radius 1 is 0.913 bits per heavy atom. The molecule has 1 unspecified atom stereocenters. The first kappa shape index (κ1) is 16.9. The number of benzene rings is 2. The number of hydrogen-bond acceptors (Lipinski definition) is 2. The van der Waals surface area contributed by atoms with Crippen LogP contribution in [0.4, 0.5) is 5.69 Å². The molecule has 0 saturated heterocycles. The smallest absolute Gasteiger partial charge is 0.227 e. The molecule has 0 heterocycles. The summed E-state index contributed by atoms with van der Waals surface area (Å²) in [6.07, 6.45) is 0.820. The molecule has 3 nitrogen and oxygen atoms in total. The van der Waals surface area contributed by atoms with Gasteiger partial charge >= 0.3 is 0 Å². The van der Waals surface area contributed by atoms with E-state index < -0.39 is 0 Å². The van der Waals surface area contributed by atoms with Gasteiger partial charge in [0.2, 0.25) is 5.91 Å². The molecule has 0 aromatic heterocycles. The number of Topliss-reactive ketones (excluding diaryl/α,β-unsaturated/α-hetero) is 1. The highest BCUT2D eigenvalue weighted by Crippen LogP contribution is 2.20. The van der Waals surface area contributed by atoms with Crippen LogP contribution in [0.3, 0.4) is 0 Å². The average molecular weight is 309 g/mol. The number of anilines is 1. The number of carbonyl (C=O) groups is 2. The van der Waals surface area contributed by atoms with Crippen molar-refractivity contribution in [1.29, 1.82) is 0 Å². The Hall–Kier alpha value is -2.42. The third-order valence-electron chi connectivity index (χ3n) is 3.71. The van der Waals surface area contributed by atoms with Crippen molar-refractivity contribution in [2.75, 3.05) is 4.90 Å². The summed E-state index contributed by atoms with van der Waals surface area (Å²) in [5.41, 5.74) is 1.97. The third-order valence-corrected chi connectivity index (χ3v) is 3.71. The molecule has 0 bridgehead atoms. The summed E-state index contributed by atoms with van der Waals surface area (Å²) in [6, 6.07) is 19.6. The van der Waals surface area contributed by atoms with Crippen LogP contribution in [0, 0.1) is 5.92 Å². The number of nitrogens with zero attached hydrogens (tertiary/aromatic N) is 1. The molecule has 0 aliphatic heterocycles. The fourth-order valence-corrected chi connectivity index (χ4v) is 2.67. The Kier molecular flexibility index (Phi) is 6.10. The van der Waals surface area contributed by atoms with Crippen molar-refractivity contribution in [1.82, 2.24) is 0 Å². The molecule has 2 aromatic rings. The van der Waals surface area contributed by atoms with E-state index in [4.69, 9.17) is 0 Å². The van der Waals surface area contributed by atoms with Gasteiger partial charge in [0.1, 0.15) is 5.78 Å². The summed E-state index contributed by atoms with van der Waals surface area (Å²) >= 11 is 0. The van der Waals surface area contributed by atoms with E-state index >= 15 is 0 Å². The van der Waals surface area contributed by atoms with Crippen LogP contribution < -0.4 is 4.90 Å². The van der Waals surface area contributed by atoms with Gasteiger partial charge in [-0.1, -0.05) is 55.5 Å². The van der Waals surface area contributed by atoms with Gasteiger partial charge in [-0.15, -0.1) is 0 Å². The Bertz CT molecular complexity index is 637. The molecule has 0 N–H and O–H groups in total. The Labute approximate surface area is 137 Å². The fourth-order valence-electron chi connectivity index (χ4n) is 2.67. The molecule has 1 atom stereocenters. The third kappa shape index (κ3) is 5.37. The monoisotopic (exact) mass is 309 g/mol. The van der Waals surface area contributed by atoms with Crippen molar-refractivity contribution in [3.63, 3.8) is 0 Å². The minimum absolute atomic E-state index is 0.0498. The fraction of sp³-hybridized carbons (Fsp3) is 0.300. The average Bonchev–Trinajstić information content (AvgIpc) is 2.53. The molecule has 3 heteroatoms. The highest BCUT2D eigenvalue weighted by molar-refractivity contribution is 5.93. The van der Waals surface area contributed by atoms with Crippen LogP contribution in [0.2, 0.25) is 0 Å². The van der Waals surface area contributed by atoms with Gasteiger partial charge in [0, 0.05) is 18.5 Å². The molecule has 120 valence electrons. The van der Waals surface area contributed by atoms with Gasteiger partial charge in [-0.05, 0) is 30.5 Å². The summed E-state index contributed by atoms with van der Waals surface area (Å²) < 4.78 is 0. The van der Waals surface area contributed by atoms with E-state index in [1.165, 1.54) is 0 Å². The lowest BCUT2D eigenvalue weighted by Crippen LogP contribution is -2.31. The van der Waals surface area contributed by atoms with Gasteiger partial charge in [-0.2, -0.15) is 0 Å². The van der Waals surface area contributed by atoms with Crippen LogP contribution in [-0.4, -0.2) is 11.7 Å². The van der Waals surface area contributed by atoms with Gasteiger partial charge < -0.3 is 9.69 Å². The Balaban J connectivity index is 2.16. The molecular weight excluding hydrogens is 286 g/mol. The second-order valence-corrected chi connectivity index (χ2v) is 6.02. The first-order valence-corrected chi connectivity index (χ1v) is 7.95. The van der Waals surface area contributed by atoms with Crippen molar-refractivity contribution in [3.8, 4) is 0 Å². The standard InChI is InChI=1S/C20H23NO2/c1-16(13-17(2)22)14-20(23)21(19-11-7-4-8-12-19)15-18-9-5-3-6-10-18/h3-12,16H,13-15H2,1-2H3.